The van der Waals surface area contributed by atoms with Crippen LogP contribution in [0.5, 0.6) is 5.75 Å². The molecular formula is C18H20BrNO2. The van der Waals surface area contributed by atoms with Crippen LogP contribution >= 0.6 is 15.9 Å². The molecule has 0 atom stereocenters. The molecule has 1 amide bonds. The third-order valence-electron chi connectivity index (χ3n) is 3.43. The molecule has 1 N–H and O–H groups in total. The topological polar surface area (TPSA) is 38.3 Å². The first-order chi connectivity index (χ1) is 10.3. The number of halogens is 1. The number of amides is 1. The molecule has 2 aromatic carbocycles. The average Bonchev–Trinajstić information content (AvgIpc) is 2.47. The highest BCUT2D eigenvalue weighted by atomic mass is 79.9. The van der Waals surface area contributed by atoms with Crippen LogP contribution in [-0.4, -0.2) is 13.0 Å². The highest BCUT2D eigenvalue weighted by molar-refractivity contribution is 9.10. The maximum atomic E-state index is 12.4. The van der Waals surface area contributed by atoms with E-state index in [1.807, 2.05) is 42.5 Å². The number of nitrogens with one attached hydrogen (secondary N) is 1. The first kappa shape index (κ1) is 16.6. The summed E-state index contributed by atoms with van der Waals surface area (Å²) in [6, 6.07) is 13.2. The molecule has 0 saturated carbocycles. The van der Waals surface area contributed by atoms with Gasteiger partial charge in [0.25, 0.3) is 5.91 Å². The minimum absolute atomic E-state index is 0.0719. The first-order valence-electron chi connectivity index (χ1n) is 7.07. The summed E-state index contributed by atoms with van der Waals surface area (Å²) in [4.78, 5) is 12.4. The average molecular weight is 362 g/mol. The SMILES string of the molecule is COc1c(Br)cccc1NC(=O)c1ccc(C(C)(C)C)cc1. The zero-order valence-corrected chi connectivity index (χ0v) is 14.8. The zero-order valence-electron chi connectivity index (χ0n) is 13.2. The van der Waals surface area contributed by atoms with E-state index in [1.54, 1.807) is 7.11 Å². The summed E-state index contributed by atoms with van der Waals surface area (Å²) in [5.74, 6) is 0.457. The van der Waals surface area contributed by atoms with Crippen molar-refractivity contribution in [3.8, 4) is 5.75 Å². The van der Waals surface area contributed by atoms with Gasteiger partial charge < -0.3 is 10.1 Å². The molecule has 0 saturated heterocycles. The van der Waals surface area contributed by atoms with E-state index < -0.39 is 0 Å². The van der Waals surface area contributed by atoms with Gasteiger partial charge in [-0.3, -0.25) is 4.79 Å². The van der Waals surface area contributed by atoms with Gasteiger partial charge in [-0.2, -0.15) is 0 Å². The molecule has 0 aliphatic rings. The van der Waals surface area contributed by atoms with Gasteiger partial charge in [0, 0.05) is 5.56 Å². The lowest BCUT2D eigenvalue weighted by Gasteiger charge is -2.19. The highest BCUT2D eigenvalue weighted by Crippen LogP contribution is 2.33. The van der Waals surface area contributed by atoms with Gasteiger partial charge in [0.2, 0.25) is 0 Å². The molecule has 0 aliphatic heterocycles. The Balaban J connectivity index is 2.21. The molecule has 0 aliphatic carbocycles. The van der Waals surface area contributed by atoms with Crippen molar-refractivity contribution in [3.63, 3.8) is 0 Å². The Morgan fingerprint density at radius 3 is 2.27 bits per heavy atom. The van der Waals surface area contributed by atoms with Crippen molar-refractivity contribution >= 4 is 27.5 Å². The largest absolute Gasteiger partial charge is 0.493 e. The second-order valence-corrected chi connectivity index (χ2v) is 6.96. The second kappa shape index (κ2) is 6.53. The number of para-hydroxylation sites is 1. The number of hydrogen-bond acceptors (Lipinski definition) is 2. The summed E-state index contributed by atoms with van der Waals surface area (Å²) < 4.78 is 6.12. The Hall–Kier alpha value is -1.81. The third-order valence-corrected chi connectivity index (χ3v) is 4.06. The van der Waals surface area contributed by atoms with Gasteiger partial charge >= 0.3 is 0 Å². The number of hydrogen-bond donors (Lipinski definition) is 1. The van der Waals surface area contributed by atoms with Crippen LogP contribution in [-0.2, 0) is 5.41 Å². The highest BCUT2D eigenvalue weighted by Gasteiger charge is 2.15. The summed E-state index contributed by atoms with van der Waals surface area (Å²) in [7, 11) is 1.58. The Kier molecular flexibility index (Phi) is 4.91. The summed E-state index contributed by atoms with van der Waals surface area (Å²) in [5.41, 5.74) is 2.53. The molecule has 0 aromatic heterocycles. The van der Waals surface area contributed by atoms with E-state index in [9.17, 15) is 4.79 Å². The third kappa shape index (κ3) is 3.69. The monoisotopic (exact) mass is 361 g/mol. The fourth-order valence-corrected chi connectivity index (χ4v) is 2.66. The summed E-state index contributed by atoms with van der Waals surface area (Å²) in [5, 5.41) is 2.88. The van der Waals surface area contributed by atoms with Gasteiger partial charge in [-0.05, 0) is 51.2 Å². The van der Waals surface area contributed by atoms with E-state index in [-0.39, 0.29) is 11.3 Å². The molecule has 0 heterocycles. The molecule has 4 heteroatoms. The fraction of sp³-hybridized carbons (Fsp3) is 0.278. The lowest BCUT2D eigenvalue weighted by Crippen LogP contribution is -2.14. The predicted molar refractivity (Wildman–Crippen MR) is 93.8 cm³/mol. The summed E-state index contributed by atoms with van der Waals surface area (Å²) >= 11 is 3.41. The normalized spacial score (nSPS) is 11.1. The molecule has 0 spiro atoms. The number of carbonyl (C=O) groups is 1. The molecule has 3 nitrogen and oxygen atoms in total. The number of rotatable bonds is 3. The quantitative estimate of drug-likeness (QED) is 0.834. The standard InChI is InChI=1S/C18H20BrNO2/c1-18(2,3)13-10-8-12(9-11-13)17(21)20-15-7-5-6-14(19)16(15)22-4/h5-11H,1-4H3,(H,20,21). The Morgan fingerprint density at radius 2 is 1.73 bits per heavy atom. The molecule has 0 fully saturated rings. The van der Waals surface area contributed by atoms with Crippen LogP contribution in [0.1, 0.15) is 36.7 Å². The van der Waals surface area contributed by atoms with E-state index in [2.05, 4.69) is 42.0 Å². The fourth-order valence-electron chi connectivity index (χ4n) is 2.13. The molecule has 116 valence electrons. The predicted octanol–water partition coefficient (Wildman–Crippen LogP) is 5.01. The van der Waals surface area contributed by atoms with E-state index in [0.29, 0.717) is 17.0 Å². The van der Waals surface area contributed by atoms with Crippen LogP contribution in [0, 0.1) is 0 Å². The van der Waals surface area contributed by atoms with E-state index in [0.717, 1.165) is 4.47 Å². The molecule has 0 unspecified atom stereocenters. The van der Waals surface area contributed by atoms with Crippen molar-refractivity contribution < 1.29 is 9.53 Å². The minimum Gasteiger partial charge on any atom is -0.493 e. The zero-order chi connectivity index (χ0) is 16.3. The second-order valence-electron chi connectivity index (χ2n) is 6.10. The van der Waals surface area contributed by atoms with Crippen LogP contribution in [0.4, 0.5) is 5.69 Å². The smallest absolute Gasteiger partial charge is 0.255 e. The van der Waals surface area contributed by atoms with E-state index in [4.69, 9.17) is 4.74 Å². The number of benzene rings is 2. The van der Waals surface area contributed by atoms with Gasteiger partial charge in [-0.25, -0.2) is 0 Å². The lowest BCUT2D eigenvalue weighted by atomic mass is 9.87. The molecule has 22 heavy (non-hydrogen) atoms. The van der Waals surface area contributed by atoms with Crippen LogP contribution in [0.25, 0.3) is 0 Å². The van der Waals surface area contributed by atoms with Gasteiger partial charge in [-0.1, -0.05) is 39.0 Å². The van der Waals surface area contributed by atoms with E-state index >= 15 is 0 Å². The van der Waals surface area contributed by atoms with Crippen LogP contribution in [0.15, 0.2) is 46.9 Å². The maximum absolute atomic E-state index is 12.4. The van der Waals surface area contributed by atoms with Gasteiger partial charge in [0.05, 0.1) is 17.3 Å². The van der Waals surface area contributed by atoms with Crippen molar-refractivity contribution in [2.75, 3.05) is 12.4 Å². The van der Waals surface area contributed by atoms with Gasteiger partial charge in [0.15, 0.2) is 5.75 Å². The first-order valence-corrected chi connectivity index (χ1v) is 7.86. The maximum Gasteiger partial charge on any atom is 0.255 e. The van der Waals surface area contributed by atoms with Gasteiger partial charge in [-0.15, -0.1) is 0 Å². The van der Waals surface area contributed by atoms with Crippen LogP contribution < -0.4 is 10.1 Å². The van der Waals surface area contributed by atoms with E-state index in [1.165, 1.54) is 5.56 Å². The molecule has 0 bridgehead atoms. The molecular weight excluding hydrogens is 342 g/mol. The van der Waals surface area contributed by atoms with Crippen molar-refractivity contribution in [2.24, 2.45) is 0 Å². The molecule has 2 rings (SSSR count). The Morgan fingerprint density at radius 1 is 1.09 bits per heavy atom. The number of anilines is 1. The molecule has 0 radical (unpaired) electrons. The Bertz CT molecular complexity index is 672. The summed E-state index contributed by atoms with van der Waals surface area (Å²) in [6.45, 7) is 6.44. The number of ether oxygens (including phenoxy) is 1. The van der Waals surface area contributed by atoms with Crippen molar-refractivity contribution in [3.05, 3.63) is 58.1 Å². The number of methoxy groups -OCH3 is 1. The lowest BCUT2D eigenvalue weighted by molar-refractivity contribution is 0.102. The van der Waals surface area contributed by atoms with Crippen LogP contribution in [0.3, 0.4) is 0 Å². The van der Waals surface area contributed by atoms with Crippen molar-refractivity contribution in [1.29, 1.82) is 0 Å². The van der Waals surface area contributed by atoms with Crippen molar-refractivity contribution in [2.45, 2.75) is 26.2 Å². The number of carbonyl (C=O) groups excluding carboxylic acids is 1. The van der Waals surface area contributed by atoms with Gasteiger partial charge in [0.1, 0.15) is 0 Å². The summed E-state index contributed by atoms with van der Waals surface area (Å²) in [6.07, 6.45) is 0. The van der Waals surface area contributed by atoms with Crippen molar-refractivity contribution in [1.82, 2.24) is 0 Å². The molecule has 2 aromatic rings. The van der Waals surface area contributed by atoms with Crippen LogP contribution in [0.2, 0.25) is 0 Å². The minimum atomic E-state index is -0.156. The Labute approximate surface area is 139 Å².